The molecular weight excluding hydrogens is 236 g/mol. The number of rotatable bonds is 5. The van der Waals surface area contributed by atoms with Gasteiger partial charge in [0.2, 0.25) is 0 Å². The van der Waals surface area contributed by atoms with E-state index in [2.05, 4.69) is 29.1 Å². The van der Waals surface area contributed by atoms with Crippen LogP contribution in [0.2, 0.25) is 0 Å². The molecule has 18 heavy (non-hydrogen) atoms. The summed E-state index contributed by atoms with van der Waals surface area (Å²) in [5.74, 6) is 0.943. The normalized spacial score (nSPS) is 13.4. The zero-order valence-corrected chi connectivity index (χ0v) is 11.6. The van der Waals surface area contributed by atoms with Gasteiger partial charge in [0.1, 0.15) is 5.82 Å². The van der Waals surface area contributed by atoms with Gasteiger partial charge in [0, 0.05) is 11.4 Å². The Morgan fingerprint density at radius 3 is 1.94 bits per heavy atom. The SMILES string of the molecule is Cc1nc([C@@H](C)NCC(F)F)nc(C)c1C(C)C. The molecule has 0 aliphatic heterocycles. The smallest absolute Gasteiger partial charge is 0.250 e. The number of alkyl halides is 2. The van der Waals surface area contributed by atoms with E-state index in [-0.39, 0.29) is 12.6 Å². The average molecular weight is 257 g/mol. The number of hydrogen-bond acceptors (Lipinski definition) is 3. The van der Waals surface area contributed by atoms with E-state index >= 15 is 0 Å². The first-order valence-corrected chi connectivity index (χ1v) is 6.19. The largest absolute Gasteiger partial charge is 0.302 e. The fourth-order valence-electron chi connectivity index (χ4n) is 2.14. The molecule has 1 rings (SSSR count). The van der Waals surface area contributed by atoms with Gasteiger partial charge in [-0.1, -0.05) is 13.8 Å². The lowest BCUT2D eigenvalue weighted by atomic mass is 10.00. The zero-order valence-electron chi connectivity index (χ0n) is 11.6. The molecule has 0 amide bonds. The highest BCUT2D eigenvalue weighted by Crippen LogP contribution is 2.22. The minimum Gasteiger partial charge on any atom is -0.302 e. The lowest BCUT2D eigenvalue weighted by Gasteiger charge is -2.17. The fourth-order valence-corrected chi connectivity index (χ4v) is 2.14. The van der Waals surface area contributed by atoms with Crippen LogP contribution >= 0.6 is 0 Å². The van der Waals surface area contributed by atoms with Crippen LogP contribution in [0.4, 0.5) is 8.78 Å². The maximum atomic E-state index is 12.1. The molecule has 0 aliphatic rings. The standard InChI is InChI=1S/C13H21F2N3/c1-7(2)12-8(3)17-13(18-9(12)4)10(5)16-6-11(14)15/h7,10-11,16H,6H2,1-5H3/t10-/m1/s1. The second-order valence-electron chi connectivity index (χ2n) is 4.84. The fraction of sp³-hybridized carbons (Fsp3) is 0.692. The van der Waals surface area contributed by atoms with Gasteiger partial charge in [0.15, 0.2) is 0 Å². The Morgan fingerprint density at radius 2 is 1.56 bits per heavy atom. The van der Waals surface area contributed by atoms with Crippen LogP contribution in [0.15, 0.2) is 0 Å². The van der Waals surface area contributed by atoms with Gasteiger partial charge in [-0.15, -0.1) is 0 Å². The number of nitrogens with zero attached hydrogens (tertiary/aromatic N) is 2. The Balaban J connectivity index is 2.92. The third-order valence-electron chi connectivity index (χ3n) is 2.89. The summed E-state index contributed by atoms with van der Waals surface area (Å²) >= 11 is 0. The molecule has 0 saturated carbocycles. The van der Waals surface area contributed by atoms with Gasteiger partial charge in [-0.3, -0.25) is 0 Å². The predicted molar refractivity (Wildman–Crippen MR) is 68.0 cm³/mol. The van der Waals surface area contributed by atoms with Gasteiger partial charge in [-0.2, -0.15) is 0 Å². The Labute approximate surface area is 107 Å². The van der Waals surface area contributed by atoms with Crippen molar-refractivity contribution in [3.63, 3.8) is 0 Å². The first kappa shape index (κ1) is 15.0. The topological polar surface area (TPSA) is 37.8 Å². The van der Waals surface area contributed by atoms with Crippen LogP contribution in [0, 0.1) is 13.8 Å². The third-order valence-corrected chi connectivity index (χ3v) is 2.89. The van der Waals surface area contributed by atoms with Gasteiger partial charge in [0.25, 0.3) is 6.43 Å². The van der Waals surface area contributed by atoms with Crippen molar-refractivity contribution < 1.29 is 8.78 Å². The first-order valence-electron chi connectivity index (χ1n) is 6.19. The van der Waals surface area contributed by atoms with Crippen molar-refractivity contribution in [3.05, 3.63) is 22.8 Å². The summed E-state index contributed by atoms with van der Waals surface area (Å²) in [5, 5.41) is 2.73. The van der Waals surface area contributed by atoms with Crippen molar-refractivity contribution in [2.75, 3.05) is 6.54 Å². The van der Waals surface area contributed by atoms with Gasteiger partial charge in [-0.25, -0.2) is 18.7 Å². The number of aromatic nitrogens is 2. The van der Waals surface area contributed by atoms with Crippen molar-refractivity contribution in [2.45, 2.75) is 53.0 Å². The van der Waals surface area contributed by atoms with Crippen LogP contribution in [0.25, 0.3) is 0 Å². The molecule has 5 heteroatoms. The maximum absolute atomic E-state index is 12.1. The number of nitrogens with one attached hydrogen (secondary N) is 1. The van der Waals surface area contributed by atoms with E-state index in [1.54, 1.807) is 6.92 Å². The van der Waals surface area contributed by atoms with Crippen LogP contribution in [0.3, 0.4) is 0 Å². The maximum Gasteiger partial charge on any atom is 0.250 e. The molecule has 0 aliphatic carbocycles. The Morgan fingerprint density at radius 1 is 1.06 bits per heavy atom. The van der Waals surface area contributed by atoms with Crippen LogP contribution < -0.4 is 5.32 Å². The average Bonchev–Trinajstić information content (AvgIpc) is 2.24. The quantitative estimate of drug-likeness (QED) is 0.880. The van der Waals surface area contributed by atoms with Crippen LogP contribution in [-0.2, 0) is 0 Å². The van der Waals surface area contributed by atoms with Crippen LogP contribution in [-0.4, -0.2) is 22.9 Å². The lowest BCUT2D eigenvalue weighted by molar-refractivity contribution is 0.141. The van der Waals surface area contributed by atoms with Crippen molar-refractivity contribution >= 4 is 0 Å². The van der Waals surface area contributed by atoms with Crippen LogP contribution in [0.1, 0.15) is 55.5 Å². The predicted octanol–water partition coefficient (Wildman–Crippen LogP) is 3.13. The van der Waals surface area contributed by atoms with E-state index in [4.69, 9.17) is 0 Å². The van der Waals surface area contributed by atoms with Gasteiger partial charge >= 0.3 is 0 Å². The molecule has 1 N–H and O–H groups in total. The summed E-state index contributed by atoms with van der Waals surface area (Å²) in [6.45, 7) is 9.52. The highest BCUT2D eigenvalue weighted by Gasteiger charge is 2.16. The number of halogens is 2. The molecule has 1 atom stereocenters. The molecule has 0 radical (unpaired) electrons. The summed E-state index contributed by atoms with van der Waals surface area (Å²) in [6.07, 6.45) is -2.36. The van der Waals surface area contributed by atoms with E-state index in [1.165, 1.54) is 0 Å². The molecule has 1 aromatic heterocycles. The summed E-state index contributed by atoms with van der Waals surface area (Å²) in [5.41, 5.74) is 3.00. The minimum absolute atomic E-state index is 0.266. The molecule has 0 unspecified atom stereocenters. The van der Waals surface area contributed by atoms with Crippen molar-refractivity contribution in [2.24, 2.45) is 0 Å². The zero-order chi connectivity index (χ0) is 13.9. The number of hydrogen-bond donors (Lipinski definition) is 1. The van der Waals surface area contributed by atoms with E-state index in [1.807, 2.05) is 13.8 Å². The highest BCUT2D eigenvalue weighted by atomic mass is 19.3. The lowest BCUT2D eigenvalue weighted by Crippen LogP contribution is -2.26. The highest BCUT2D eigenvalue weighted by molar-refractivity contribution is 5.27. The second-order valence-corrected chi connectivity index (χ2v) is 4.84. The Bertz CT molecular complexity index is 382. The van der Waals surface area contributed by atoms with E-state index in [0.717, 1.165) is 17.0 Å². The van der Waals surface area contributed by atoms with Gasteiger partial charge < -0.3 is 5.32 Å². The molecule has 0 saturated heterocycles. The monoisotopic (exact) mass is 257 g/mol. The van der Waals surface area contributed by atoms with Crippen molar-refractivity contribution in [3.8, 4) is 0 Å². The summed E-state index contributed by atoms with van der Waals surface area (Å²) in [6, 6.07) is -0.266. The summed E-state index contributed by atoms with van der Waals surface area (Å²) in [7, 11) is 0. The van der Waals surface area contributed by atoms with Gasteiger partial charge in [0.05, 0.1) is 12.6 Å². The molecule has 0 fully saturated rings. The number of aryl methyl sites for hydroxylation is 2. The Hall–Kier alpha value is -1.10. The van der Waals surface area contributed by atoms with Crippen LogP contribution in [0.5, 0.6) is 0 Å². The molecule has 0 bridgehead atoms. The molecule has 0 spiro atoms. The molecule has 1 heterocycles. The minimum atomic E-state index is -2.36. The third kappa shape index (κ3) is 3.70. The van der Waals surface area contributed by atoms with E-state index in [9.17, 15) is 8.78 Å². The summed E-state index contributed by atoms with van der Waals surface area (Å²) in [4.78, 5) is 8.83. The molecule has 0 aromatic carbocycles. The van der Waals surface area contributed by atoms with Crippen molar-refractivity contribution in [1.82, 2.24) is 15.3 Å². The molecule has 3 nitrogen and oxygen atoms in total. The summed E-state index contributed by atoms with van der Waals surface area (Å²) < 4.78 is 24.3. The van der Waals surface area contributed by atoms with E-state index in [0.29, 0.717) is 11.7 Å². The van der Waals surface area contributed by atoms with E-state index < -0.39 is 6.43 Å². The first-order chi connectivity index (χ1) is 8.32. The van der Waals surface area contributed by atoms with Gasteiger partial charge in [-0.05, 0) is 32.3 Å². The van der Waals surface area contributed by atoms with Crippen molar-refractivity contribution in [1.29, 1.82) is 0 Å². The molecule has 102 valence electrons. The second kappa shape index (κ2) is 6.18. The molecular formula is C13H21F2N3. The molecule has 1 aromatic rings. The Kier molecular flexibility index (Phi) is 5.14.